The maximum Gasteiger partial charge on any atom is 0.269 e. The Kier molecular flexibility index (Phi) is 6.26. The topological polar surface area (TPSA) is 96.5 Å². The zero-order valence-electron chi connectivity index (χ0n) is 15.7. The molecule has 0 atom stereocenters. The van der Waals surface area contributed by atoms with Crippen LogP contribution < -0.4 is 20.9 Å². The van der Waals surface area contributed by atoms with Crippen LogP contribution >= 0.6 is 0 Å². The van der Waals surface area contributed by atoms with Gasteiger partial charge in [0.2, 0.25) is 5.91 Å². The predicted octanol–water partition coefficient (Wildman–Crippen LogP) is 2.90. The average Bonchev–Trinajstić information content (AvgIpc) is 3.56. The molecular weight excluding hydrogens is 358 g/mol. The molecule has 0 saturated heterocycles. The molecule has 0 spiro atoms. The van der Waals surface area contributed by atoms with Crippen LogP contribution in [0.2, 0.25) is 0 Å². The zero-order valence-corrected chi connectivity index (χ0v) is 15.7. The minimum absolute atomic E-state index is 0.00890. The van der Waals surface area contributed by atoms with E-state index in [1.54, 1.807) is 48.5 Å². The van der Waals surface area contributed by atoms with Gasteiger partial charge in [0.25, 0.3) is 11.8 Å². The second kappa shape index (κ2) is 9.03. The summed E-state index contributed by atoms with van der Waals surface area (Å²) in [6, 6.07) is 13.2. The van der Waals surface area contributed by atoms with Crippen LogP contribution in [0.15, 0.2) is 48.5 Å². The van der Waals surface area contributed by atoms with Crippen molar-refractivity contribution in [1.82, 2.24) is 10.9 Å². The van der Waals surface area contributed by atoms with Crippen molar-refractivity contribution in [1.29, 1.82) is 0 Å². The van der Waals surface area contributed by atoms with E-state index in [-0.39, 0.29) is 11.8 Å². The molecular formula is C21H23N3O4. The Morgan fingerprint density at radius 3 is 2.29 bits per heavy atom. The van der Waals surface area contributed by atoms with Crippen LogP contribution in [0, 0.1) is 5.92 Å². The Hall–Kier alpha value is -3.35. The third-order valence-electron chi connectivity index (χ3n) is 4.22. The molecule has 28 heavy (non-hydrogen) atoms. The summed E-state index contributed by atoms with van der Waals surface area (Å²) in [4.78, 5) is 36.2. The van der Waals surface area contributed by atoms with Crippen LogP contribution in [-0.2, 0) is 4.79 Å². The maximum absolute atomic E-state index is 12.2. The molecule has 7 nitrogen and oxygen atoms in total. The first-order valence-corrected chi connectivity index (χ1v) is 9.31. The van der Waals surface area contributed by atoms with Gasteiger partial charge < -0.3 is 10.1 Å². The lowest BCUT2D eigenvalue weighted by atomic mass is 10.2. The van der Waals surface area contributed by atoms with Gasteiger partial charge in [0, 0.05) is 22.7 Å². The quantitative estimate of drug-likeness (QED) is 0.643. The van der Waals surface area contributed by atoms with Gasteiger partial charge in [-0.25, -0.2) is 0 Å². The highest BCUT2D eigenvalue weighted by Crippen LogP contribution is 2.30. The lowest BCUT2D eigenvalue weighted by Crippen LogP contribution is -2.41. The normalized spacial score (nSPS) is 12.8. The summed E-state index contributed by atoms with van der Waals surface area (Å²) in [5.74, 6) is -0.168. The number of nitrogens with one attached hydrogen (secondary N) is 3. The zero-order chi connectivity index (χ0) is 19.9. The molecule has 0 bridgehead atoms. The summed E-state index contributed by atoms with van der Waals surface area (Å²) in [6.45, 7) is 2.57. The number of ether oxygens (including phenoxy) is 1. The van der Waals surface area contributed by atoms with Crippen LogP contribution in [0.1, 0.15) is 46.9 Å². The molecule has 0 heterocycles. The van der Waals surface area contributed by atoms with E-state index in [1.807, 2.05) is 6.92 Å². The Morgan fingerprint density at radius 1 is 0.964 bits per heavy atom. The first-order valence-electron chi connectivity index (χ1n) is 9.31. The second-order valence-electron chi connectivity index (χ2n) is 6.63. The Bertz CT molecular complexity index is 860. The lowest BCUT2D eigenvalue weighted by molar-refractivity contribution is -0.117. The molecule has 0 unspecified atom stereocenters. The standard InChI is InChI=1S/C21H23N3O4/c1-2-12-28-18-5-3-4-16(13-18)21(27)24-23-20(26)15-8-10-17(11-9-15)22-19(25)14-6-7-14/h3-5,8-11,13-14H,2,6-7,12H2,1H3,(H,22,25)(H,23,26)(H,24,27). The van der Waals surface area contributed by atoms with Gasteiger partial charge in [0.05, 0.1) is 6.61 Å². The molecule has 7 heteroatoms. The van der Waals surface area contributed by atoms with Crippen LogP contribution in [-0.4, -0.2) is 24.3 Å². The summed E-state index contributed by atoms with van der Waals surface area (Å²) in [6.07, 6.45) is 2.73. The summed E-state index contributed by atoms with van der Waals surface area (Å²) >= 11 is 0. The van der Waals surface area contributed by atoms with E-state index in [9.17, 15) is 14.4 Å². The fourth-order valence-corrected chi connectivity index (χ4v) is 2.50. The minimum atomic E-state index is -0.452. The molecule has 0 radical (unpaired) electrons. The van der Waals surface area contributed by atoms with Gasteiger partial charge >= 0.3 is 0 Å². The summed E-state index contributed by atoms with van der Waals surface area (Å²) in [5, 5.41) is 2.81. The number of carbonyl (C=O) groups is 3. The predicted molar refractivity (Wildman–Crippen MR) is 105 cm³/mol. The number of benzene rings is 2. The van der Waals surface area contributed by atoms with E-state index in [2.05, 4.69) is 16.2 Å². The third-order valence-corrected chi connectivity index (χ3v) is 4.22. The van der Waals surface area contributed by atoms with Crippen molar-refractivity contribution in [3.63, 3.8) is 0 Å². The van der Waals surface area contributed by atoms with E-state index >= 15 is 0 Å². The molecule has 3 N–H and O–H groups in total. The van der Waals surface area contributed by atoms with E-state index in [0.29, 0.717) is 29.2 Å². The van der Waals surface area contributed by atoms with Gasteiger partial charge in [-0.2, -0.15) is 0 Å². The third kappa shape index (κ3) is 5.33. The first-order chi connectivity index (χ1) is 13.6. The molecule has 0 aromatic heterocycles. The van der Waals surface area contributed by atoms with Crippen LogP contribution in [0.3, 0.4) is 0 Å². The number of hydrogen-bond donors (Lipinski definition) is 3. The monoisotopic (exact) mass is 381 g/mol. The highest BCUT2D eigenvalue weighted by atomic mass is 16.5. The number of rotatable bonds is 7. The molecule has 2 aromatic carbocycles. The number of hydrazine groups is 1. The summed E-state index contributed by atoms with van der Waals surface area (Å²) < 4.78 is 5.50. The van der Waals surface area contributed by atoms with Crippen molar-refractivity contribution in [3.8, 4) is 5.75 Å². The SMILES string of the molecule is CCCOc1cccc(C(=O)NNC(=O)c2ccc(NC(=O)C3CC3)cc2)c1. The largest absolute Gasteiger partial charge is 0.494 e. The fourth-order valence-electron chi connectivity index (χ4n) is 2.50. The molecule has 2 aromatic rings. The summed E-state index contributed by atoms with van der Waals surface area (Å²) in [7, 11) is 0. The number of carbonyl (C=O) groups excluding carboxylic acids is 3. The number of hydrogen-bond acceptors (Lipinski definition) is 4. The Labute approximate surface area is 163 Å². The van der Waals surface area contributed by atoms with Gasteiger partial charge in [-0.15, -0.1) is 0 Å². The molecule has 1 aliphatic carbocycles. The van der Waals surface area contributed by atoms with Crippen molar-refractivity contribution in [2.45, 2.75) is 26.2 Å². The van der Waals surface area contributed by atoms with Crippen molar-refractivity contribution in [3.05, 3.63) is 59.7 Å². The highest BCUT2D eigenvalue weighted by molar-refractivity contribution is 6.00. The van der Waals surface area contributed by atoms with Crippen LogP contribution in [0.4, 0.5) is 5.69 Å². The fraction of sp³-hybridized carbons (Fsp3) is 0.286. The van der Waals surface area contributed by atoms with E-state index in [1.165, 1.54) is 0 Å². The van der Waals surface area contributed by atoms with Gasteiger partial charge in [0.15, 0.2) is 0 Å². The Balaban J connectivity index is 1.51. The maximum atomic E-state index is 12.2. The average molecular weight is 381 g/mol. The molecule has 1 fully saturated rings. The van der Waals surface area contributed by atoms with Crippen molar-refractivity contribution in [2.75, 3.05) is 11.9 Å². The molecule has 1 aliphatic rings. The molecule has 3 amide bonds. The first kappa shape index (κ1) is 19.4. The van der Waals surface area contributed by atoms with Gasteiger partial charge in [0.1, 0.15) is 5.75 Å². The second-order valence-corrected chi connectivity index (χ2v) is 6.63. The molecule has 146 valence electrons. The van der Waals surface area contributed by atoms with Crippen molar-refractivity contribution in [2.24, 2.45) is 5.92 Å². The highest BCUT2D eigenvalue weighted by Gasteiger charge is 2.29. The van der Waals surface area contributed by atoms with E-state index in [4.69, 9.17) is 4.74 Å². The van der Waals surface area contributed by atoms with E-state index in [0.717, 1.165) is 19.3 Å². The molecule has 3 rings (SSSR count). The molecule has 0 aliphatic heterocycles. The van der Waals surface area contributed by atoms with Crippen molar-refractivity contribution < 1.29 is 19.1 Å². The molecule has 1 saturated carbocycles. The number of amides is 3. The van der Waals surface area contributed by atoms with Gasteiger partial charge in [-0.05, 0) is 61.7 Å². The summed E-state index contributed by atoms with van der Waals surface area (Å²) in [5.41, 5.74) is 6.16. The minimum Gasteiger partial charge on any atom is -0.494 e. The van der Waals surface area contributed by atoms with Gasteiger partial charge in [-0.1, -0.05) is 13.0 Å². The Morgan fingerprint density at radius 2 is 1.64 bits per heavy atom. The number of anilines is 1. The van der Waals surface area contributed by atoms with Crippen LogP contribution in [0.5, 0.6) is 5.75 Å². The van der Waals surface area contributed by atoms with E-state index < -0.39 is 11.8 Å². The van der Waals surface area contributed by atoms with Crippen molar-refractivity contribution >= 4 is 23.4 Å². The van der Waals surface area contributed by atoms with Gasteiger partial charge in [-0.3, -0.25) is 25.2 Å². The smallest absolute Gasteiger partial charge is 0.269 e. The lowest BCUT2D eigenvalue weighted by Gasteiger charge is -2.10. The van der Waals surface area contributed by atoms with Crippen LogP contribution in [0.25, 0.3) is 0 Å².